The van der Waals surface area contributed by atoms with Gasteiger partial charge >= 0.3 is 0 Å². The van der Waals surface area contributed by atoms with Crippen molar-refractivity contribution in [2.45, 2.75) is 0 Å². The van der Waals surface area contributed by atoms with Gasteiger partial charge in [-0.25, -0.2) is 0 Å². The molecule has 0 radical (unpaired) electrons. The molecule has 0 saturated carbocycles. The fourth-order valence-electron chi connectivity index (χ4n) is 0.594. The van der Waals surface area contributed by atoms with Crippen molar-refractivity contribution in [1.82, 2.24) is 4.57 Å². The Morgan fingerprint density at radius 1 is 1.27 bits per heavy atom. The molecule has 1 rings (SSSR count). The molecule has 1 heterocycles. The summed E-state index contributed by atoms with van der Waals surface area (Å²) in [6, 6.07) is 3.49. The summed E-state index contributed by atoms with van der Waals surface area (Å²) in [5.41, 5.74) is 0. The molecule has 4 nitrogen and oxygen atoms in total. The summed E-state index contributed by atoms with van der Waals surface area (Å²) in [4.78, 5) is 0. The summed E-state index contributed by atoms with van der Waals surface area (Å²) >= 11 is 0. The third-order valence-corrected chi connectivity index (χ3v) is 1.50. The average molecular weight is 173 g/mol. The summed E-state index contributed by atoms with van der Waals surface area (Å²) in [7, 11) is -4.00. The van der Waals surface area contributed by atoms with E-state index in [1.165, 1.54) is 10.8 Å². The van der Waals surface area contributed by atoms with Gasteiger partial charge in [-0.3, -0.25) is 4.55 Å². The van der Waals surface area contributed by atoms with Crippen LogP contribution < -0.4 is 0 Å². The quantitative estimate of drug-likeness (QED) is 0.673. The number of nitrogens with zero attached hydrogens (tertiary/aromatic N) is 1. The molecule has 0 aliphatic rings. The summed E-state index contributed by atoms with van der Waals surface area (Å²) in [6.45, 7) is 0. The first-order valence-electron chi connectivity index (χ1n) is 2.86. The van der Waals surface area contributed by atoms with Crippen molar-refractivity contribution < 1.29 is 13.0 Å². The third-order valence-electron chi connectivity index (χ3n) is 1.03. The predicted octanol–water partition coefficient (Wildman–Crippen LogP) is 0.804. The lowest BCUT2D eigenvalue weighted by Gasteiger charge is -1.88. The minimum absolute atomic E-state index is 0.715. The van der Waals surface area contributed by atoms with Crippen molar-refractivity contribution in [3.63, 3.8) is 0 Å². The second kappa shape index (κ2) is 2.89. The molecule has 1 aromatic rings. The van der Waals surface area contributed by atoms with E-state index < -0.39 is 10.1 Å². The van der Waals surface area contributed by atoms with Gasteiger partial charge in [0.1, 0.15) is 0 Å². The van der Waals surface area contributed by atoms with Gasteiger partial charge in [0.05, 0.1) is 5.41 Å². The zero-order valence-electron chi connectivity index (χ0n) is 5.58. The first-order valence-corrected chi connectivity index (χ1v) is 4.36. The van der Waals surface area contributed by atoms with Crippen LogP contribution >= 0.6 is 0 Å². The monoisotopic (exact) mass is 173 g/mol. The highest BCUT2D eigenvalue weighted by Crippen LogP contribution is 1.93. The normalized spacial score (nSPS) is 12.5. The number of aromatic nitrogens is 1. The molecule has 0 unspecified atom stereocenters. The van der Waals surface area contributed by atoms with Gasteiger partial charge in [0.15, 0.2) is 0 Å². The van der Waals surface area contributed by atoms with E-state index in [2.05, 4.69) is 0 Å². The van der Waals surface area contributed by atoms with Crippen LogP contribution in [0.3, 0.4) is 0 Å². The molecular weight excluding hydrogens is 166 g/mol. The van der Waals surface area contributed by atoms with Gasteiger partial charge in [-0.1, -0.05) is 0 Å². The molecule has 0 fully saturated rings. The van der Waals surface area contributed by atoms with Gasteiger partial charge in [0.2, 0.25) is 0 Å². The third kappa shape index (κ3) is 3.01. The molecule has 0 aliphatic heterocycles. The van der Waals surface area contributed by atoms with Crippen molar-refractivity contribution >= 4 is 16.3 Å². The fourth-order valence-corrected chi connectivity index (χ4v) is 0.889. The van der Waals surface area contributed by atoms with Crippen LogP contribution in [0.15, 0.2) is 29.9 Å². The maximum atomic E-state index is 10.2. The van der Waals surface area contributed by atoms with Crippen LogP contribution in [0.1, 0.15) is 0 Å². The lowest BCUT2D eigenvalue weighted by Crippen LogP contribution is -1.90. The Kier molecular flexibility index (Phi) is 2.11. The van der Waals surface area contributed by atoms with E-state index in [1.54, 1.807) is 24.5 Å². The molecule has 1 N–H and O–H groups in total. The highest BCUT2D eigenvalue weighted by molar-refractivity contribution is 7.88. The van der Waals surface area contributed by atoms with Gasteiger partial charge in [-0.05, 0) is 12.1 Å². The Morgan fingerprint density at radius 2 is 1.82 bits per heavy atom. The lowest BCUT2D eigenvalue weighted by molar-refractivity contribution is 0.494. The van der Waals surface area contributed by atoms with Crippen molar-refractivity contribution in [2.75, 3.05) is 0 Å². The molecule has 0 aliphatic carbocycles. The minimum atomic E-state index is -4.00. The van der Waals surface area contributed by atoms with Crippen LogP contribution in [-0.2, 0) is 10.1 Å². The van der Waals surface area contributed by atoms with E-state index in [4.69, 9.17) is 4.55 Å². The Labute approximate surface area is 64.5 Å². The maximum Gasteiger partial charge on any atom is 0.289 e. The second-order valence-electron chi connectivity index (χ2n) is 1.93. The minimum Gasteiger partial charge on any atom is -0.330 e. The molecule has 1 aromatic heterocycles. The van der Waals surface area contributed by atoms with Crippen molar-refractivity contribution in [1.29, 1.82) is 0 Å². The van der Waals surface area contributed by atoms with Crippen molar-refractivity contribution in [3.8, 4) is 0 Å². The highest BCUT2D eigenvalue weighted by Gasteiger charge is 1.93. The Bertz CT molecular complexity index is 336. The van der Waals surface area contributed by atoms with Gasteiger partial charge in [-0.2, -0.15) is 8.42 Å². The van der Waals surface area contributed by atoms with E-state index in [0.29, 0.717) is 5.41 Å². The predicted molar refractivity (Wildman–Crippen MR) is 41.3 cm³/mol. The topological polar surface area (TPSA) is 59.3 Å². The molecule has 0 atom stereocenters. The molecule has 11 heavy (non-hydrogen) atoms. The van der Waals surface area contributed by atoms with Crippen molar-refractivity contribution in [3.05, 3.63) is 29.9 Å². The average Bonchev–Trinajstić information content (AvgIpc) is 2.32. The van der Waals surface area contributed by atoms with Crippen LogP contribution in [0.4, 0.5) is 0 Å². The number of rotatable bonds is 2. The van der Waals surface area contributed by atoms with Crippen LogP contribution in [-0.4, -0.2) is 17.5 Å². The Hall–Kier alpha value is -1.07. The standard InChI is InChI=1S/C6H7NO3S/c8-11(9,10)6-5-7-3-1-2-4-7/h1-6H,(H,8,9,10). The molecular formula is C6H7NO3S. The lowest BCUT2D eigenvalue weighted by atomic mass is 10.7. The van der Waals surface area contributed by atoms with Crippen LogP contribution in [0.2, 0.25) is 0 Å². The largest absolute Gasteiger partial charge is 0.330 e. The van der Waals surface area contributed by atoms with Gasteiger partial charge in [0, 0.05) is 18.6 Å². The van der Waals surface area contributed by atoms with Gasteiger partial charge < -0.3 is 4.57 Å². The van der Waals surface area contributed by atoms with Crippen LogP contribution in [0, 0.1) is 0 Å². The van der Waals surface area contributed by atoms with E-state index in [0.717, 1.165) is 0 Å². The number of hydrogen-bond donors (Lipinski definition) is 1. The first-order chi connectivity index (χ1) is 5.08. The molecule has 0 bridgehead atoms. The smallest absolute Gasteiger partial charge is 0.289 e. The molecule has 5 heteroatoms. The Balaban J connectivity index is 2.79. The maximum absolute atomic E-state index is 10.2. The van der Waals surface area contributed by atoms with E-state index in [-0.39, 0.29) is 0 Å². The molecule has 0 amide bonds. The second-order valence-corrected chi connectivity index (χ2v) is 3.23. The first kappa shape index (κ1) is 8.03. The SMILES string of the molecule is O=S(=O)(O)C=Cn1cccc1. The van der Waals surface area contributed by atoms with Gasteiger partial charge in [-0.15, -0.1) is 0 Å². The van der Waals surface area contributed by atoms with Crippen LogP contribution in [0.5, 0.6) is 0 Å². The summed E-state index contributed by atoms with van der Waals surface area (Å²) in [5, 5.41) is 0.715. The number of hydrogen-bond acceptors (Lipinski definition) is 2. The Morgan fingerprint density at radius 3 is 2.27 bits per heavy atom. The molecule has 0 saturated heterocycles. The summed E-state index contributed by atoms with van der Waals surface area (Å²) < 4.78 is 30.2. The zero-order chi connectivity index (χ0) is 8.32. The van der Waals surface area contributed by atoms with E-state index in [9.17, 15) is 8.42 Å². The molecule has 0 aromatic carbocycles. The fraction of sp³-hybridized carbons (Fsp3) is 0. The zero-order valence-corrected chi connectivity index (χ0v) is 6.40. The van der Waals surface area contributed by atoms with Gasteiger partial charge in [0.25, 0.3) is 10.1 Å². The summed E-state index contributed by atoms with van der Waals surface area (Å²) in [6.07, 6.45) is 4.55. The van der Waals surface area contributed by atoms with E-state index >= 15 is 0 Å². The van der Waals surface area contributed by atoms with E-state index in [1.807, 2.05) is 0 Å². The summed E-state index contributed by atoms with van der Waals surface area (Å²) in [5.74, 6) is 0. The van der Waals surface area contributed by atoms with Crippen LogP contribution in [0.25, 0.3) is 6.20 Å². The van der Waals surface area contributed by atoms with Crippen molar-refractivity contribution in [2.24, 2.45) is 0 Å². The highest BCUT2D eigenvalue weighted by atomic mass is 32.2. The molecule has 60 valence electrons. The molecule has 0 spiro atoms.